The van der Waals surface area contributed by atoms with E-state index in [1.807, 2.05) is 0 Å². The Morgan fingerprint density at radius 1 is 1.29 bits per heavy atom. The second-order valence-corrected chi connectivity index (χ2v) is 4.92. The quantitative estimate of drug-likeness (QED) is 0.756. The van der Waals surface area contributed by atoms with Crippen molar-refractivity contribution in [2.24, 2.45) is 0 Å². The number of H-pyrrole nitrogens is 1. The van der Waals surface area contributed by atoms with E-state index in [4.69, 9.17) is 0 Å². The maximum Gasteiger partial charge on any atom is 0.0459 e. The predicted octanol–water partition coefficient (Wildman–Crippen LogP) is 3.54. The van der Waals surface area contributed by atoms with Crippen LogP contribution in [0.4, 0.5) is 0 Å². The summed E-state index contributed by atoms with van der Waals surface area (Å²) in [5.74, 6) is 0. The van der Waals surface area contributed by atoms with Crippen LogP contribution in [0.5, 0.6) is 0 Å². The van der Waals surface area contributed by atoms with E-state index >= 15 is 0 Å². The average Bonchev–Trinajstić information content (AvgIpc) is 2.60. The van der Waals surface area contributed by atoms with Crippen LogP contribution in [0.1, 0.15) is 43.5 Å². The number of fused-ring (bicyclic) bond motifs is 3. The fourth-order valence-electron chi connectivity index (χ4n) is 3.06. The lowest BCUT2D eigenvalue weighted by Crippen LogP contribution is -2.20. The van der Waals surface area contributed by atoms with Gasteiger partial charge in [0.25, 0.3) is 0 Å². The number of aromatic amines is 1. The van der Waals surface area contributed by atoms with E-state index in [1.165, 1.54) is 47.8 Å². The van der Waals surface area contributed by atoms with E-state index in [2.05, 4.69) is 41.5 Å². The minimum absolute atomic E-state index is 0.536. The maximum atomic E-state index is 3.64. The number of benzene rings is 1. The lowest BCUT2D eigenvalue weighted by Gasteiger charge is -2.16. The summed E-state index contributed by atoms with van der Waals surface area (Å²) < 4.78 is 0. The summed E-state index contributed by atoms with van der Waals surface area (Å²) >= 11 is 0. The Labute approximate surface area is 102 Å². The Kier molecular flexibility index (Phi) is 2.89. The summed E-state index contributed by atoms with van der Waals surface area (Å²) in [6.45, 7) is 3.24. The van der Waals surface area contributed by atoms with Gasteiger partial charge in [-0.3, -0.25) is 0 Å². The van der Waals surface area contributed by atoms with Crippen LogP contribution in [0.2, 0.25) is 0 Å². The van der Waals surface area contributed by atoms with Crippen LogP contribution < -0.4 is 5.32 Å². The zero-order valence-corrected chi connectivity index (χ0v) is 10.4. The van der Waals surface area contributed by atoms with Crippen molar-refractivity contribution in [2.75, 3.05) is 6.54 Å². The summed E-state index contributed by atoms with van der Waals surface area (Å²) in [5, 5.41) is 5.05. The van der Waals surface area contributed by atoms with Crippen molar-refractivity contribution in [3.63, 3.8) is 0 Å². The molecule has 0 radical (unpaired) electrons. The van der Waals surface area contributed by atoms with Crippen LogP contribution in [0, 0.1) is 0 Å². The molecule has 90 valence electrons. The highest BCUT2D eigenvalue weighted by molar-refractivity contribution is 5.85. The van der Waals surface area contributed by atoms with Gasteiger partial charge in [-0.2, -0.15) is 0 Å². The third-order valence-electron chi connectivity index (χ3n) is 3.80. The molecule has 1 aliphatic rings. The van der Waals surface area contributed by atoms with Gasteiger partial charge in [0.15, 0.2) is 0 Å². The molecule has 17 heavy (non-hydrogen) atoms. The molecule has 1 aromatic heterocycles. The molecule has 3 rings (SSSR count). The second kappa shape index (κ2) is 4.53. The summed E-state index contributed by atoms with van der Waals surface area (Å²) in [6.07, 6.45) is 5.10. The number of nitrogens with one attached hydrogen (secondary N) is 2. The molecule has 2 aromatic rings. The van der Waals surface area contributed by atoms with Crippen molar-refractivity contribution in [1.82, 2.24) is 10.3 Å². The SMILES string of the molecule is CCNC1CCCCc2[nH]c3ccccc3c21. The molecular weight excluding hydrogens is 208 g/mol. The number of hydrogen-bond acceptors (Lipinski definition) is 1. The maximum absolute atomic E-state index is 3.64. The molecule has 0 spiro atoms. The highest BCUT2D eigenvalue weighted by Gasteiger charge is 2.21. The monoisotopic (exact) mass is 228 g/mol. The minimum atomic E-state index is 0.536. The van der Waals surface area contributed by atoms with E-state index in [0.717, 1.165) is 6.54 Å². The minimum Gasteiger partial charge on any atom is -0.358 e. The van der Waals surface area contributed by atoms with Gasteiger partial charge in [-0.25, -0.2) is 0 Å². The summed E-state index contributed by atoms with van der Waals surface area (Å²) in [6, 6.07) is 9.23. The molecular formula is C15H20N2. The smallest absolute Gasteiger partial charge is 0.0459 e. The third-order valence-corrected chi connectivity index (χ3v) is 3.80. The number of rotatable bonds is 2. The highest BCUT2D eigenvalue weighted by atomic mass is 14.9. The fraction of sp³-hybridized carbons (Fsp3) is 0.467. The lowest BCUT2D eigenvalue weighted by atomic mass is 10.0. The molecule has 2 nitrogen and oxygen atoms in total. The van der Waals surface area contributed by atoms with Gasteiger partial charge in [-0.05, 0) is 37.4 Å². The number of para-hydroxylation sites is 1. The van der Waals surface area contributed by atoms with Gasteiger partial charge < -0.3 is 10.3 Å². The molecule has 0 amide bonds. The van der Waals surface area contributed by atoms with E-state index < -0.39 is 0 Å². The van der Waals surface area contributed by atoms with Crippen LogP contribution in [0.25, 0.3) is 10.9 Å². The topological polar surface area (TPSA) is 27.8 Å². The Morgan fingerprint density at radius 3 is 3.06 bits per heavy atom. The Morgan fingerprint density at radius 2 is 2.18 bits per heavy atom. The number of hydrogen-bond donors (Lipinski definition) is 2. The van der Waals surface area contributed by atoms with Gasteiger partial charge in [0.1, 0.15) is 0 Å². The standard InChI is InChI=1S/C15H20N2/c1-2-16-13-9-5-6-10-14-15(13)11-7-3-4-8-12(11)17-14/h3-4,7-8,13,16-17H,2,5-6,9-10H2,1H3. The van der Waals surface area contributed by atoms with Gasteiger partial charge in [-0.15, -0.1) is 0 Å². The van der Waals surface area contributed by atoms with Crippen molar-refractivity contribution in [3.8, 4) is 0 Å². The van der Waals surface area contributed by atoms with Gasteiger partial charge >= 0.3 is 0 Å². The van der Waals surface area contributed by atoms with E-state index in [9.17, 15) is 0 Å². The van der Waals surface area contributed by atoms with Gasteiger partial charge in [0.2, 0.25) is 0 Å². The molecule has 0 saturated heterocycles. The fourth-order valence-corrected chi connectivity index (χ4v) is 3.06. The second-order valence-electron chi connectivity index (χ2n) is 4.92. The highest BCUT2D eigenvalue weighted by Crippen LogP contribution is 2.34. The van der Waals surface area contributed by atoms with Crippen LogP contribution in [-0.2, 0) is 6.42 Å². The van der Waals surface area contributed by atoms with Gasteiger partial charge in [-0.1, -0.05) is 31.5 Å². The molecule has 1 aliphatic carbocycles. The van der Waals surface area contributed by atoms with Crippen molar-refractivity contribution in [2.45, 2.75) is 38.6 Å². The normalized spacial score (nSPS) is 20.2. The van der Waals surface area contributed by atoms with E-state index in [0.29, 0.717) is 6.04 Å². The molecule has 0 aliphatic heterocycles. The van der Waals surface area contributed by atoms with Crippen LogP contribution in [0.3, 0.4) is 0 Å². The summed E-state index contributed by atoms with van der Waals surface area (Å²) in [5.41, 5.74) is 4.27. The Balaban J connectivity index is 2.15. The van der Waals surface area contributed by atoms with Gasteiger partial charge in [0.05, 0.1) is 0 Å². The molecule has 0 saturated carbocycles. The van der Waals surface area contributed by atoms with E-state index in [1.54, 1.807) is 0 Å². The molecule has 0 bridgehead atoms. The molecule has 1 atom stereocenters. The number of aryl methyl sites for hydroxylation is 1. The molecule has 1 aromatic carbocycles. The third kappa shape index (κ3) is 1.87. The summed E-state index contributed by atoms with van der Waals surface area (Å²) in [4.78, 5) is 3.60. The van der Waals surface area contributed by atoms with Crippen molar-refractivity contribution < 1.29 is 0 Å². The zero-order chi connectivity index (χ0) is 11.7. The van der Waals surface area contributed by atoms with Gasteiger partial charge in [0, 0.05) is 22.6 Å². The van der Waals surface area contributed by atoms with Crippen LogP contribution in [0.15, 0.2) is 24.3 Å². The molecule has 1 heterocycles. The molecule has 0 fully saturated rings. The molecule has 1 unspecified atom stereocenters. The first kappa shape index (κ1) is 10.8. The van der Waals surface area contributed by atoms with Crippen molar-refractivity contribution in [1.29, 1.82) is 0 Å². The first-order valence-corrected chi connectivity index (χ1v) is 6.73. The Bertz CT molecular complexity index is 513. The van der Waals surface area contributed by atoms with E-state index in [-0.39, 0.29) is 0 Å². The predicted molar refractivity (Wildman–Crippen MR) is 72.3 cm³/mol. The first-order valence-electron chi connectivity index (χ1n) is 6.73. The number of aromatic nitrogens is 1. The zero-order valence-electron chi connectivity index (χ0n) is 10.4. The largest absolute Gasteiger partial charge is 0.358 e. The van der Waals surface area contributed by atoms with Crippen LogP contribution in [-0.4, -0.2) is 11.5 Å². The van der Waals surface area contributed by atoms with Crippen LogP contribution >= 0.6 is 0 Å². The molecule has 2 N–H and O–H groups in total. The Hall–Kier alpha value is -1.28. The first-order chi connectivity index (χ1) is 8.40. The van der Waals surface area contributed by atoms with Crippen molar-refractivity contribution in [3.05, 3.63) is 35.5 Å². The molecule has 2 heteroatoms. The van der Waals surface area contributed by atoms with Crippen molar-refractivity contribution >= 4 is 10.9 Å². The average molecular weight is 228 g/mol. The lowest BCUT2D eigenvalue weighted by molar-refractivity contribution is 0.506. The summed E-state index contributed by atoms with van der Waals surface area (Å²) in [7, 11) is 0.